The highest BCUT2D eigenvalue weighted by Crippen LogP contribution is 2.66. The molecule has 3 aliphatic rings. The van der Waals surface area contributed by atoms with E-state index in [2.05, 4.69) is 17.2 Å². The van der Waals surface area contributed by atoms with Crippen LogP contribution in [-0.2, 0) is 34.0 Å². The van der Waals surface area contributed by atoms with Crippen molar-refractivity contribution in [3.05, 3.63) is 197 Å². The van der Waals surface area contributed by atoms with Crippen molar-refractivity contribution in [1.29, 1.82) is 0 Å². The number of morpholine rings is 1. The zero-order valence-electron chi connectivity index (χ0n) is 38.5. The quantitative estimate of drug-likeness (QED) is 0.0596. The first-order chi connectivity index (χ1) is 34.2. The van der Waals surface area contributed by atoms with E-state index in [4.69, 9.17) is 23.7 Å². The van der Waals surface area contributed by atoms with E-state index >= 15 is 14.4 Å². The Bertz CT molecular complexity index is 2910. The van der Waals surface area contributed by atoms with E-state index in [1.54, 1.807) is 104 Å². The Morgan fingerprint density at radius 1 is 0.757 bits per heavy atom. The number of imide groups is 1. The molecule has 6 aromatic rings. The van der Waals surface area contributed by atoms with Crippen LogP contribution in [0.1, 0.15) is 63.2 Å². The number of rotatable bonds is 14. The van der Waals surface area contributed by atoms with Crippen LogP contribution < -0.4 is 19.7 Å². The molecule has 3 amide bonds. The average Bonchev–Trinajstić information content (AvgIpc) is 3.86. The van der Waals surface area contributed by atoms with Gasteiger partial charge in [-0.3, -0.25) is 19.3 Å². The molecule has 3 heterocycles. The number of methoxy groups -OCH3 is 2. The van der Waals surface area contributed by atoms with Crippen LogP contribution in [0.5, 0.6) is 11.5 Å². The number of ether oxygens (including phenoxy) is 5. The lowest BCUT2D eigenvalue weighted by molar-refractivity contribution is -0.178. The number of nitrogens with one attached hydrogen (secondary N) is 1. The number of amides is 3. The molecule has 3 N–H and O–H groups in total. The largest absolute Gasteiger partial charge is 0.497 e. The van der Waals surface area contributed by atoms with E-state index in [1.165, 1.54) is 7.11 Å². The molecule has 2 saturated heterocycles. The average molecular weight is 942 g/mol. The van der Waals surface area contributed by atoms with Gasteiger partial charge in [0.1, 0.15) is 42.3 Å². The molecule has 0 saturated carbocycles. The maximum absolute atomic E-state index is 16.5. The van der Waals surface area contributed by atoms with Crippen LogP contribution in [-0.4, -0.2) is 92.2 Å². The molecule has 14 heteroatoms. The van der Waals surface area contributed by atoms with Gasteiger partial charge in [0.25, 0.3) is 0 Å². The molecule has 7 atom stereocenters. The Labute approximate surface area is 405 Å². The zero-order valence-corrected chi connectivity index (χ0v) is 38.5. The minimum atomic E-state index is -2.17. The van der Waals surface area contributed by atoms with Crippen LogP contribution >= 0.6 is 0 Å². The number of fused-ring (bicyclic) bond motifs is 3. The van der Waals surface area contributed by atoms with Crippen molar-refractivity contribution in [2.45, 2.75) is 35.7 Å². The number of hydrogen-bond acceptors (Lipinski definition) is 12. The van der Waals surface area contributed by atoms with Crippen molar-refractivity contribution in [2.75, 3.05) is 52.1 Å². The molecule has 0 aromatic heterocycles. The fourth-order valence-corrected chi connectivity index (χ4v) is 10.1. The summed E-state index contributed by atoms with van der Waals surface area (Å²) in [6.07, 6.45) is -3.20. The van der Waals surface area contributed by atoms with Crippen LogP contribution in [0.3, 0.4) is 0 Å². The second-order valence-corrected chi connectivity index (χ2v) is 17.0. The number of esters is 1. The second kappa shape index (κ2) is 20.8. The van der Waals surface area contributed by atoms with E-state index in [9.17, 15) is 15.0 Å². The Morgan fingerprint density at radius 2 is 1.40 bits per heavy atom. The van der Waals surface area contributed by atoms with Crippen molar-refractivity contribution in [3.8, 4) is 23.3 Å². The first-order valence-electron chi connectivity index (χ1n) is 22.9. The van der Waals surface area contributed by atoms with Gasteiger partial charge in [0.05, 0.1) is 50.1 Å². The van der Waals surface area contributed by atoms with Gasteiger partial charge in [-0.25, -0.2) is 9.69 Å². The third-order valence-electron chi connectivity index (χ3n) is 13.1. The fraction of sp³-hybridized carbons (Fsp3) is 0.250. The fourth-order valence-electron chi connectivity index (χ4n) is 10.1. The standard InChI is InChI=1S/C56H51N3O11/c1-66-32-33-69-55(65)58-44-29-26-37(23-22-36-24-27-41(67-2)28-25-36)34-43(44)56(54(58)64)47(52(62)57-35-45(61)38-14-6-3-7-15-38)49-53(63)70-50(40-18-10-5-11-19-40)48(39-16-8-4-9-17-39)59(49)51(56)42-20-12-13-21-46(42)68-31-30-60/h3-21,24-29,34,45,47-51,60-61H,30-33,35H2,1-2H3,(H,57,62). The molecule has 7 unspecified atom stereocenters. The Kier molecular flexibility index (Phi) is 14.1. The SMILES string of the molecule is COCCOC(=O)N1C(=O)C2(c3cc(C#Cc4ccc(OC)cc4)ccc31)C(C(=O)NCC(O)c1ccccc1)C1C(=O)OC(c3ccccc3)C(c3ccccc3)N1C2c1ccccc1OCCO. The highest BCUT2D eigenvalue weighted by Gasteiger charge is 2.76. The predicted molar refractivity (Wildman–Crippen MR) is 258 cm³/mol. The van der Waals surface area contributed by atoms with Gasteiger partial charge >= 0.3 is 12.1 Å². The van der Waals surface area contributed by atoms with E-state index in [0.29, 0.717) is 39.1 Å². The molecule has 14 nitrogen and oxygen atoms in total. The van der Waals surface area contributed by atoms with Crippen molar-refractivity contribution in [2.24, 2.45) is 5.92 Å². The second-order valence-electron chi connectivity index (χ2n) is 17.0. The molecule has 9 rings (SSSR count). The van der Waals surface area contributed by atoms with Gasteiger partial charge < -0.3 is 39.2 Å². The number of cyclic esters (lactones) is 1. The number of aliphatic hydroxyl groups is 2. The van der Waals surface area contributed by atoms with Gasteiger partial charge in [-0.05, 0) is 70.8 Å². The van der Waals surface area contributed by atoms with E-state index < -0.39 is 65.5 Å². The number of carbonyl (C=O) groups is 4. The Balaban J connectivity index is 1.34. The van der Waals surface area contributed by atoms with Gasteiger partial charge in [0, 0.05) is 30.3 Å². The van der Waals surface area contributed by atoms with Crippen LogP contribution in [0.2, 0.25) is 0 Å². The van der Waals surface area contributed by atoms with Crippen molar-refractivity contribution >= 4 is 29.6 Å². The highest BCUT2D eigenvalue weighted by molar-refractivity contribution is 6.23. The molecular weight excluding hydrogens is 891 g/mol. The molecule has 1 spiro atoms. The van der Waals surface area contributed by atoms with E-state index in [-0.39, 0.29) is 50.0 Å². The summed E-state index contributed by atoms with van der Waals surface area (Å²) in [5.41, 5.74) is 1.48. The van der Waals surface area contributed by atoms with Crippen molar-refractivity contribution < 1.29 is 53.1 Å². The van der Waals surface area contributed by atoms with Gasteiger partial charge in [-0.15, -0.1) is 0 Å². The number of hydrogen-bond donors (Lipinski definition) is 3. The molecule has 6 aromatic carbocycles. The monoisotopic (exact) mass is 941 g/mol. The lowest BCUT2D eigenvalue weighted by Gasteiger charge is -2.46. The molecule has 0 radical (unpaired) electrons. The summed E-state index contributed by atoms with van der Waals surface area (Å²) in [7, 11) is 3.02. The molecule has 356 valence electrons. The highest BCUT2D eigenvalue weighted by atomic mass is 16.6. The normalized spacial score (nSPS) is 21.7. The first kappa shape index (κ1) is 47.3. The van der Waals surface area contributed by atoms with E-state index in [0.717, 1.165) is 4.90 Å². The van der Waals surface area contributed by atoms with Crippen molar-refractivity contribution in [1.82, 2.24) is 10.2 Å². The summed E-state index contributed by atoms with van der Waals surface area (Å²) in [4.78, 5) is 65.1. The Hall–Kier alpha value is -7.80. The first-order valence-corrected chi connectivity index (χ1v) is 22.9. The minimum absolute atomic E-state index is 0.0277. The molecule has 70 heavy (non-hydrogen) atoms. The number of carbonyl (C=O) groups excluding carboxylic acids is 4. The number of para-hydroxylation sites is 1. The molecule has 2 fully saturated rings. The van der Waals surface area contributed by atoms with Crippen LogP contribution in [0.4, 0.5) is 10.5 Å². The van der Waals surface area contributed by atoms with Gasteiger partial charge in [-0.2, -0.15) is 0 Å². The molecule has 0 aliphatic carbocycles. The van der Waals surface area contributed by atoms with Gasteiger partial charge in [0.2, 0.25) is 11.8 Å². The van der Waals surface area contributed by atoms with Crippen molar-refractivity contribution in [3.63, 3.8) is 0 Å². The van der Waals surface area contributed by atoms with Gasteiger partial charge in [-0.1, -0.05) is 121 Å². The summed E-state index contributed by atoms with van der Waals surface area (Å²) >= 11 is 0. The van der Waals surface area contributed by atoms with Crippen LogP contribution in [0.25, 0.3) is 0 Å². The third-order valence-corrected chi connectivity index (χ3v) is 13.1. The number of nitrogens with zero attached hydrogens (tertiary/aromatic N) is 2. The van der Waals surface area contributed by atoms with E-state index in [1.807, 2.05) is 65.6 Å². The maximum Gasteiger partial charge on any atom is 0.421 e. The topological polar surface area (TPSA) is 173 Å². The summed E-state index contributed by atoms with van der Waals surface area (Å²) in [6.45, 7) is -0.958. The van der Waals surface area contributed by atoms with Gasteiger partial charge in [0.15, 0.2) is 0 Å². The number of benzene rings is 6. The smallest absolute Gasteiger partial charge is 0.421 e. The lowest BCUT2D eigenvalue weighted by atomic mass is 9.65. The lowest BCUT2D eigenvalue weighted by Crippen LogP contribution is -2.56. The zero-order chi connectivity index (χ0) is 48.8. The summed E-state index contributed by atoms with van der Waals surface area (Å²) in [5.74, 6) is 3.22. The van der Waals surface area contributed by atoms with Crippen LogP contribution in [0, 0.1) is 17.8 Å². The van der Waals surface area contributed by atoms with Crippen LogP contribution in [0.15, 0.2) is 158 Å². The number of anilines is 1. The maximum atomic E-state index is 16.5. The Morgan fingerprint density at radius 3 is 2.09 bits per heavy atom. The molecular formula is C56H51N3O11. The summed E-state index contributed by atoms with van der Waals surface area (Å²) in [6, 6.07) is 42.8. The third kappa shape index (κ3) is 8.76. The number of aliphatic hydroxyl groups excluding tert-OH is 2. The predicted octanol–water partition coefficient (Wildman–Crippen LogP) is 6.76. The molecule has 0 bridgehead atoms. The minimum Gasteiger partial charge on any atom is -0.497 e. The summed E-state index contributed by atoms with van der Waals surface area (Å²) < 4.78 is 29.1. The summed E-state index contributed by atoms with van der Waals surface area (Å²) in [5, 5.41) is 24.5. The molecule has 3 aliphatic heterocycles.